The van der Waals surface area contributed by atoms with Gasteiger partial charge in [-0.1, -0.05) is 48.0 Å². The highest BCUT2D eigenvalue weighted by Gasteiger charge is 2.31. The number of para-hydroxylation sites is 1. The molecular formula is C34H40N2O3. The van der Waals surface area contributed by atoms with Gasteiger partial charge in [-0.2, -0.15) is 0 Å². The Morgan fingerprint density at radius 1 is 1.00 bits per heavy atom. The molecule has 0 spiro atoms. The lowest BCUT2D eigenvalue weighted by Gasteiger charge is -2.40. The molecule has 0 bridgehead atoms. The number of benzene rings is 3. The van der Waals surface area contributed by atoms with Crippen LogP contribution >= 0.6 is 0 Å². The first-order chi connectivity index (χ1) is 19.2. The van der Waals surface area contributed by atoms with Crippen molar-refractivity contribution in [1.82, 2.24) is 9.88 Å². The summed E-state index contributed by atoms with van der Waals surface area (Å²) < 4.78 is 17.9. The van der Waals surface area contributed by atoms with E-state index in [2.05, 4.69) is 83.7 Å². The van der Waals surface area contributed by atoms with Crippen LogP contribution in [0.15, 0.2) is 66.9 Å². The fourth-order valence-electron chi connectivity index (χ4n) is 6.33. The molecule has 39 heavy (non-hydrogen) atoms. The van der Waals surface area contributed by atoms with Crippen LogP contribution in [0.2, 0.25) is 0 Å². The van der Waals surface area contributed by atoms with Gasteiger partial charge in [-0.05, 0) is 85.4 Å². The molecule has 6 rings (SSSR count). The van der Waals surface area contributed by atoms with Crippen molar-refractivity contribution >= 4 is 10.9 Å². The van der Waals surface area contributed by atoms with Crippen LogP contribution in [0.5, 0.6) is 11.5 Å². The highest BCUT2D eigenvalue weighted by molar-refractivity contribution is 5.83. The summed E-state index contributed by atoms with van der Waals surface area (Å²) in [6, 6.07) is 22.0. The van der Waals surface area contributed by atoms with Crippen molar-refractivity contribution in [2.24, 2.45) is 5.92 Å². The summed E-state index contributed by atoms with van der Waals surface area (Å²) in [7, 11) is 1.75. The number of fused-ring (bicyclic) bond motifs is 2. The van der Waals surface area contributed by atoms with Crippen LogP contribution in [0.4, 0.5) is 0 Å². The number of aromatic amines is 1. The third kappa shape index (κ3) is 5.85. The summed E-state index contributed by atoms with van der Waals surface area (Å²) >= 11 is 0. The summed E-state index contributed by atoms with van der Waals surface area (Å²) in [5, 5.41) is 1.34. The van der Waals surface area contributed by atoms with E-state index in [0.717, 1.165) is 69.9 Å². The van der Waals surface area contributed by atoms with Crippen molar-refractivity contribution in [2.45, 2.75) is 51.7 Å². The van der Waals surface area contributed by atoms with E-state index in [1.165, 1.54) is 38.7 Å². The van der Waals surface area contributed by atoms with Gasteiger partial charge in [0.15, 0.2) is 11.5 Å². The van der Waals surface area contributed by atoms with E-state index in [0.29, 0.717) is 18.6 Å². The fraction of sp³-hybridized carbons (Fsp3) is 0.412. The second kappa shape index (κ2) is 11.8. The van der Waals surface area contributed by atoms with Crippen LogP contribution in [0.1, 0.15) is 53.1 Å². The van der Waals surface area contributed by atoms with E-state index < -0.39 is 0 Å². The van der Waals surface area contributed by atoms with E-state index >= 15 is 0 Å². The maximum atomic E-state index is 6.31. The number of nitrogens with one attached hydrogen (secondary N) is 1. The number of nitrogens with zero attached hydrogens (tertiary/aromatic N) is 1. The van der Waals surface area contributed by atoms with Gasteiger partial charge in [0.1, 0.15) is 6.61 Å². The molecule has 3 aromatic carbocycles. The maximum Gasteiger partial charge on any atom is 0.161 e. The molecule has 0 aliphatic carbocycles. The molecule has 204 valence electrons. The number of methoxy groups -OCH3 is 1. The summed E-state index contributed by atoms with van der Waals surface area (Å²) in [5.41, 5.74) is 7.82. The van der Waals surface area contributed by atoms with Gasteiger partial charge >= 0.3 is 0 Å². The quantitative estimate of drug-likeness (QED) is 0.256. The second-order valence-corrected chi connectivity index (χ2v) is 11.2. The zero-order valence-corrected chi connectivity index (χ0v) is 23.2. The van der Waals surface area contributed by atoms with Crippen LogP contribution in [0.25, 0.3) is 10.9 Å². The number of hydrogen-bond acceptors (Lipinski definition) is 4. The Morgan fingerprint density at radius 3 is 2.64 bits per heavy atom. The predicted octanol–water partition coefficient (Wildman–Crippen LogP) is 7.02. The maximum absolute atomic E-state index is 6.31. The highest BCUT2D eigenvalue weighted by atomic mass is 16.5. The average molecular weight is 525 g/mol. The zero-order valence-electron chi connectivity index (χ0n) is 23.2. The smallest absolute Gasteiger partial charge is 0.161 e. The molecule has 3 heterocycles. The molecule has 2 aliphatic rings. The number of aromatic nitrogens is 1. The third-order valence-electron chi connectivity index (χ3n) is 8.60. The number of hydrogen-bond donors (Lipinski definition) is 1. The normalized spacial score (nSPS) is 18.3. The Labute approximate surface area is 232 Å². The molecule has 5 nitrogen and oxygen atoms in total. The lowest BCUT2D eigenvalue weighted by molar-refractivity contribution is 0.0423. The molecule has 1 fully saturated rings. The van der Waals surface area contributed by atoms with Crippen LogP contribution in [-0.2, 0) is 24.2 Å². The Kier molecular flexibility index (Phi) is 7.89. The van der Waals surface area contributed by atoms with E-state index in [9.17, 15) is 0 Å². The van der Waals surface area contributed by atoms with Crippen LogP contribution in [-0.4, -0.2) is 43.3 Å². The van der Waals surface area contributed by atoms with E-state index in [1.54, 1.807) is 7.11 Å². The van der Waals surface area contributed by atoms with Gasteiger partial charge < -0.3 is 19.2 Å². The minimum Gasteiger partial charge on any atom is -0.493 e. The molecule has 1 saturated heterocycles. The van der Waals surface area contributed by atoms with Crippen molar-refractivity contribution in [3.05, 3.63) is 94.7 Å². The minimum atomic E-state index is 0.352. The SMILES string of the molecule is COc1cc2c(cc1OCc1ccc(C)cc1)CCN(CC1CCOCC1)C2CCc1c[nH]c2ccccc12. The number of ether oxygens (including phenoxy) is 3. The first-order valence-corrected chi connectivity index (χ1v) is 14.4. The largest absolute Gasteiger partial charge is 0.493 e. The summed E-state index contributed by atoms with van der Waals surface area (Å²) in [4.78, 5) is 6.20. The molecule has 1 N–H and O–H groups in total. The van der Waals surface area contributed by atoms with E-state index in [-0.39, 0.29) is 0 Å². The summed E-state index contributed by atoms with van der Waals surface area (Å²) in [5.74, 6) is 2.37. The Hall–Kier alpha value is -3.28. The van der Waals surface area contributed by atoms with Gasteiger partial charge in [-0.3, -0.25) is 4.90 Å². The molecule has 0 radical (unpaired) electrons. The van der Waals surface area contributed by atoms with Crippen LogP contribution in [0, 0.1) is 12.8 Å². The van der Waals surface area contributed by atoms with Crippen molar-refractivity contribution < 1.29 is 14.2 Å². The Morgan fingerprint density at radius 2 is 1.82 bits per heavy atom. The van der Waals surface area contributed by atoms with E-state index in [1.807, 2.05) is 0 Å². The first kappa shape index (κ1) is 26.0. The van der Waals surface area contributed by atoms with Crippen LogP contribution in [0.3, 0.4) is 0 Å². The molecule has 0 amide bonds. The van der Waals surface area contributed by atoms with Gasteiger partial charge in [0.2, 0.25) is 0 Å². The third-order valence-corrected chi connectivity index (χ3v) is 8.60. The number of aryl methyl sites for hydroxylation is 2. The zero-order chi connectivity index (χ0) is 26.6. The van der Waals surface area contributed by atoms with E-state index in [4.69, 9.17) is 14.2 Å². The molecular weight excluding hydrogens is 484 g/mol. The Balaban J connectivity index is 1.26. The fourth-order valence-corrected chi connectivity index (χ4v) is 6.33. The number of H-pyrrole nitrogens is 1. The summed E-state index contributed by atoms with van der Waals surface area (Å²) in [6.45, 7) is 6.64. The van der Waals surface area contributed by atoms with Crippen LogP contribution < -0.4 is 9.47 Å². The molecule has 1 aromatic heterocycles. The van der Waals surface area contributed by atoms with Crippen molar-refractivity contribution in [1.29, 1.82) is 0 Å². The molecule has 5 heteroatoms. The number of rotatable bonds is 9. The Bertz CT molecular complexity index is 1390. The molecule has 1 unspecified atom stereocenters. The summed E-state index contributed by atoms with van der Waals surface area (Å²) in [6.07, 6.45) is 7.66. The highest BCUT2D eigenvalue weighted by Crippen LogP contribution is 2.41. The van der Waals surface area contributed by atoms with Gasteiger partial charge in [0.25, 0.3) is 0 Å². The van der Waals surface area contributed by atoms with Gasteiger partial charge in [-0.15, -0.1) is 0 Å². The predicted molar refractivity (Wildman–Crippen MR) is 157 cm³/mol. The lowest BCUT2D eigenvalue weighted by Crippen LogP contribution is -2.40. The topological polar surface area (TPSA) is 46.7 Å². The van der Waals surface area contributed by atoms with Crippen molar-refractivity contribution in [3.63, 3.8) is 0 Å². The average Bonchev–Trinajstić information content (AvgIpc) is 3.39. The first-order valence-electron chi connectivity index (χ1n) is 14.4. The van der Waals surface area contributed by atoms with Crippen molar-refractivity contribution in [2.75, 3.05) is 33.4 Å². The monoisotopic (exact) mass is 524 g/mol. The minimum absolute atomic E-state index is 0.352. The van der Waals surface area contributed by atoms with Gasteiger partial charge in [0.05, 0.1) is 7.11 Å². The lowest BCUT2D eigenvalue weighted by atomic mass is 9.87. The molecule has 1 atom stereocenters. The van der Waals surface area contributed by atoms with Gasteiger partial charge in [0, 0.05) is 49.4 Å². The standard InChI is InChI=1S/C34H40N2O3/c1-24-7-9-26(10-8-24)23-39-34-19-27-13-16-36(22-25-14-17-38-18-15-25)32(30(27)20-33(34)37-2)12-11-28-21-35-31-6-4-3-5-29(28)31/h3-10,19-21,25,32,35H,11-18,22-23H2,1-2H3. The molecule has 0 saturated carbocycles. The van der Waals surface area contributed by atoms with Crippen molar-refractivity contribution in [3.8, 4) is 11.5 Å². The van der Waals surface area contributed by atoms with Gasteiger partial charge in [-0.25, -0.2) is 0 Å². The second-order valence-electron chi connectivity index (χ2n) is 11.2. The molecule has 2 aliphatic heterocycles. The molecule has 4 aromatic rings.